The van der Waals surface area contributed by atoms with E-state index in [4.69, 9.17) is 0 Å². The summed E-state index contributed by atoms with van der Waals surface area (Å²) < 4.78 is -0.670. The van der Waals surface area contributed by atoms with Crippen molar-refractivity contribution in [3.63, 3.8) is 0 Å². The molecule has 12 nitrogen and oxygen atoms in total. The molecule has 0 aliphatic carbocycles. The number of aliphatic hydroxyl groups excluding tert-OH is 2. The summed E-state index contributed by atoms with van der Waals surface area (Å²) in [6, 6.07) is -3.87. The molecule has 0 saturated carbocycles. The first kappa shape index (κ1) is 50.4. The summed E-state index contributed by atoms with van der Waals surface area (Å²) >= 11 is 0. The van der Waals surface area contributed by atoms with E-state index in [-0.39, 0.29) is 72.4 Å². The van der Waals surface area contributed by atoms with Crippen LogP contribution in [0.3, 0.4) is 0 Å². The normalized spacial score (nSPS) is 16.2. The van der Waals surface area contributed by atoms with E-state index >= 15 is 0 Å². The first-order chi connectivity index (χ1) is 21.8. The molecule has 0 aromatic carbocycles. The number of carboxylic acids is 4. The van der Waals surface area contributed by atoms with Crippen molar-refractivity contribution in [2.75, 3.05) is 26.6 Å². The van der Waals surface area contributed by atoms with E-state index in [0.717, 1.165) is 51.4 Å². The number of aliphatic hydroxyl groups is 2. The maximum atomic E-state index is 11.6. The Bertz CT molecular complexity index is 749. The van der Waals surface area contributed by atoms with Crippen LogP contribution in [0.4, 0.5) is 0 Å². The van der Waals surface area contributed by atoms with Crippen LogP contribution in [0, 0.1) is 0 Å². The summed E-state index contributed by atoms with van der Waals surface area (Å²) in [6.45, 7) is 10.8. The van der Waals surface area contributed by atoms with Crippen molar-refractivity contribution in [1.29, 1.82) is 0 Å². The molecule has 0 bridgehead atoms. The SMILES string of the molecule is CCCCCCCC[N+](CO)(C(CC)C(=O)[O-])C(CC)C(=O)O.CCCCCCCC[N+](CO)(C(CC)C(=O)[O-])C(CC)C(=O)O.[Ca+2]. The Morgan fingerprint density at radius 1 is 0.489 bits per heavy atom. The second-order valence-corrected chi connectivity index (χ2v) is 12.5. The molecule has 0 saturated heterocycles. The van der Waals surface area contributed by atoms with Gasteiger partial charge < -0.3 is 40.2 Å². The molecule has 13 heteroatoms. The third kappa shape index (κ3) is 16.5. The summed E-state index contributed by atoms with van der Waals surface area (Å²) in [6.07, 6.45) is 13.3. The number of nitrogens with zero attached hydrogens (tertiary/aromatic N) is 2. The van der Waals surface area contributed by atoms with Crippen LogP contribution in [0.1, 0.15) is 144 Å². The van der Waals surface area contributed by atoms with Crippen molar-refractivity contribution in [2.24, 2.45) is 0 Å². The first-order valence-corrected chi connectivity index (χ1v) is 17.6. The number of quaternary nitrogens is 2. The third-order valence-corrected chi connectivity index (χ3v) is 9.53. The van der Waals surface area contributed by atoms with Crippen molar-refractivity contribution >= 4 is 61.6 Å². The van der Waals surface area contributed by atoms with Gasteiger partial charge >= 0.3 is 49.7 Å². The van der Waals surface area contributed by atoms with E-state index in [0.29, 0.717) is 25.9 Å². The monoisotopic (exact) mass is 702 g/mol. The molecule has 0 aliphatic rings. The van der Waals surface area contributed by atoms with E-state index in [1.165, 1.54) is 12.8 Å². The number of carbonyl (C=O) groups excluding carboxylic acids is 2. The Hall–Kier alpha value is -1.02. The van der Waals surface area contributed by atoms with Gasteiger partial charge in [-0.05, 0) is 25.7 Å². The van der Waals surface area contributed by atoms with Crippen molar-refractivity contribution in [3.05, 3.63) is 0 Å². The predicted molar refractivity (Wildman–Crippen MR) is 179 cm³/mol. The van der Waals surface area contributed by atoms with Crippen LogP contribution in [0.5, 0.6) is 0 Å². The molecule has 47 heavy (non-hydrogen) atoms. The number of hydrogen-bond donors (Lipinski definition) is 4. The van der Waals surface area contributed by atoms with Gasteiger partial charge in [0.15, 0.2) is 25.5 Å². The second kappa shape index (κ2) is 28.8. The average Bonchev–Trinajstić information content (AvgIpc) is 3.00. The number of carbonyl (C=O) groups is 4. The first-order valence-electron chi connectivity index (χ1n) is 17.6. The Morgan fingerprint density at radius 3 is 0.936 bits per heavy atom. The Kier molecular flexibility index (Phi) is 30.8. The van der Waals surface area contributed by atoms with Gasteiger partial charge in [-0.1, -0.05) is 92.9 Å². The summed E-state index contributed by atoms with van der Waals surface area (Å²) in [5.41, 5.74) is 0. The van der Waals surface area contributed by atoms with Crippen molar-refractivity contribution in [2.45, 2.75) is 168 Å². The Balaban J connectivity index is -0.000000807. The Morgan fingerprint density at radius 2 is 0.745 bits per heavy atom. The smallest absolute Gasteiger partial charge is 0.544 e. The minimum absolute atomic E-state index is 0. The molecule has 0 fully saturated rings. The molecule has 0 radical (unpaired) electrons. The molecule has 6 atom stereocenters. The molecule has 0 heterocycles. The van der Waals surface area contributed by atoms with E-state index in [9.17, 15) is 49.8 Å². The molecule has 272 valence electrons. The molecule has 4 N–H and O–H groups in total. The van der Waals surface area contributed by atoms with Crippen LogP contribution in [0.15, 0.2) is 0 Å². The zero-order chi connectivity index (χ0) is 35.8. The Labute approximate surface area is 313 Å². The number of unbranched alkanes of at least 4 members (excludes halogenated alkanes) is 10. The van der Waals surface area contributed by atoms with E-state index in [1.54, 1.807) is 27.7 Å². The van der Waals surface area contributed by atoms with Crippen molar-refractivity contribution < 1.29 is 58.8 Å². The van der Waals surface area contributed by atoms with Gasteiger partial charge in [0.05, 0.1) is 25.0 Å². The molecule has 0 aromatic rings. The molecule has 0 amide bonds. The molecule has 0 aromatic heterocycles. The molecule has 0 spiro atoms. The fourth-order valence-electron chi connectivity index (χ4n) is 6.96. The fraction of sp³-hybridized carbons (Fsp3) is 0.882. The predicted octanol–water partition coefficient (Wildman–Crippen LogP) is 2.63. The van der Waals surface area contributed by atoms with Gasteiger partial charge in [0.1, 0.15) is 12.1 Å². The maximum Gasteiger partial charge on any atom is 2.00 e. The van der Waals surface area contributed by atoms with Crippen LogP contribution >= 0.6 is 0 Å². The van der Waals surface area contributed by atoms with Crippen LogP contribution < -0.4 is 10.2 Å². The van der Waals surface area contributed by atoms with Gasteiger partial charge in [0, 0.05) is 25.7 Å². The van der Waals surface area contributed by atoms with Gasteiger partial charge in [-0.15, -0.1) is 0 Å². The zero-order valence-electron chi connectivity index (χ0n) is 30.3. The number of rotatable bonds is 28. The van der Waals surface area contributed by atoms with Gasteiger partial charge in [-0.2, -0.15) is 0 Å². The van der Waals surface area contributed by atoms with Crippen LogP contribution in [-0.2, 0) is 19.2 Å². The average molecular weight is 703 g/mol. The maximum absolute atomic E-state index is 11.6. The minimum Gasteiger partial charge on any atom is -0.544 e. The van der Waals surface area contributed by atoms with Gasteiger partial charge in [0.25, 0.3) is 0 Å². The van der Waals surface area contributed by atoms with Crippen LogP contribution in [-0.4, -0.2) is 142 Å². The summed E-state index contributed by atoms with van der Waals surface area (Å²) in [7, 11) is 0. The zero-order valence-corrected chi connectivity index (χ0v) is 32.5. The van der Waals surface area contributed by atoms with Crippen LogP contribution in [0.2, 0.25) is 0 Å². The number of hydrogen-bond acceptors (Lipinski definition) is 8. The topological polar surface area (TPSA) is 195 Å². The standard InChI is InChI=1S/2C17H33NO5.Ca/c2*1-4-7-8-9-10-11-12-18(13-19,14(5-2)16(20)21)15(6-3)17(22)23;/h2*14-15,19H,4-13H2,1-3H3,(H-,20,21,22,23);/q;;+2. The number of aliphatic carboxylic acids is 4. The quantitative estimate of drug-likeness (QED) is 0.0407. The summed E-state index contributed by atoms with van der Waals surface area (Å²) in [5, 5.41) is 61.9. The van der Waals surface area contributed by atoms with Crippen LogP contribution in [0.25, 0.3) is 0 Å². The van der Waals surface area contributed by atoms with E-state index in [1.807, 2.05) is 0 Å². The fourth-order valence-corrected chi connectivity index (χ4v) is 6.96. The summed E-state index contributed by atoms with van der Waals surface area (Å²) in [4.78, 5) is 46.3. The number of carboxylic acid groups (broad SMARTS) is 4. The van der Waals surface area contributed by atoms with E-state index < -0.39 is 61.5 Å². The minimum atomic E-state index is -1.28. The summed E-state index contributed by atoms with van der Waals surface area (Å²) in [5.74, 6) is -4.70. The molecule has 0 aliphatic heterocycles. The van der Waals surface area contributed by atoms with Gasteiger partial charge in [-0.3, -0.25) is 8.97 Å². The molecular formula is C34H66CaN2O10+2. The third-order valence-electron chi connectivity index (χ3n) is 9.53. The van der Waals surface area contributed by atoms with Crippen molar-refractivity contribution in [3.8, 4) is 0 Å². The molecule has 6 unspecified atom stereocenters. The van der Waals surface area contributed by atoms with E-state index in [2.05, 4.69) is 13.8 Å². The molecule has 0 rings (SSSR count). The largest absolute Gasteiger partial charge is 2.00 e. The second-order valence-electron chi connectivity index (χ2n) is 12.5. The van der Waals surface area contributed by atoms with Gasteiger partial charge in [-0.25, -0.2) is 9.59 Å². The molecular weight excluding hydrogens is 636 g/mol. The van der Waals surface area contributed by atoms with Gasteiger partial charge in [0.2, 0.25) is 0 Å². The van der Waals surface area contributed by atoms with Crippen molar-refractivity contribution in [1.82, 2.24) is 0 Å².